The Bertz CT molecular complexity index is 1340. The van der Waals surface area contributed by atoms with Gasteiger partial charge in [-0.25, -0.2) is 4.79 Å². The molecule has 6 rings (SSSR count). The number of halogens is 1. The van der Waals surface area contributed by atoms with Crippen molar-refractivity contribution in [2.24, 2.45) is 0 Å². The van der Waals surface area contributed by atoms with Gasteiger partial charge in [0.05, 0.1) is 18.8 Å². The first-order chi connectivity index (χ1) is 19.0. The van der Waals surface area contributed by atoms with Crippen LogP contribution in [0.15, 0.2) is 66.9 Å². The van der Waals surface area contributed by atoms with Crippen LogP contribution in [0, 0.1) is 0 Å². The topological polar surface area (TPSA) is 90.0 Å². The number of rotatable bonds is 9. The number of nitrogens with zero attached hydrogens (tertiary/aromatic N) is 2. The summed E-state index contributed by atoms with van der Waals surface area (Å²) < 4.78 is 17.9. The maximum absolute atomic E-state index is 13.0. The van der Waals surface area contributed by atoms with Gasteiger partial charge in [0.25, 0.3) is 5.91 Å². The summed E-state index contributed by atoms with van der Waals surface area (Å²) in [6, 6.07) is 19.2. The van der Waals surface area contributed by atoms with E-state index >= 15 is 0 Å². The summed E-state index contributed by atoms with van der Waals surface area (Å²) in [5.74, 6) is 0.527. The maximum atomic E-state index is 13.0. The molecule has 1 aliphatic carbocycles. The third-order valence-corrected chi connectivity index (χ3v) is 7.78. The van der Waals surface area contributed by atoms with E-state index in [1.807, 2.05) is 30.3 Å². The number of nitrogens with one attached hydrogen (secondary N) is 1. The highest BCUT2D eigenvalue weighted by Crippen LogP contribution is 2.47. The molecule has 2 saturated heterocycles. The molecular weight excluding hydrogens is 518 g/mol. The van der Waals surface area contributed by atoms with Crippen LogP contribution in [0.1, 0.15) is 52.4 Å². The lowest BCUT2D eigenvalue weighted by molar-refractivity contribution is 0.0889. The number of aromatic nitrogens is 1. The first kappa shape index (κ1) is 25.6. The fourth-order valence-electron chi connectivity index (χ4n) is 5.24. The maximum Gasteiger partial charge on any atom is 0.410 e. The zero-order valence-electron chi connectivity index (χ0n) is 21.4. The lowest BCUT2D eigenvalue weighted by atomic mass is 10.0. The van der Waals surface area contributed by atoms with Crippen molar-refractivity contribution in [1.29, 1.82) is 0 Å². The molecule has 0 bridgehead atoms. The molecule has 8 nitrogen and oxygen atoms in total. The fraction of sp³-hybridized carbons (Fsp3) is 0.367. The normalized spacial score (nSPS) is 23.6. The lowest BCUT2D eigenvalue weighted by Crippen LogP contribution is -2.44. The summed E-state index contributed by atoms with van der Waals surface area (Å²) in [6.45, 7) is 1.89. The molecule has 3 aliphatic rings. The van der Waals surface area contributed by atoms with Crippen molar-refractivity contribution in [2.75, 3.05) is 13.2 Å². The van der Waals surface area contributed by atoms with Crippen molar-refractivity contribution >= 4 is 23.6 Å². The zero-order chi connectivity index (χ0) is 26.8. The lowest BCUT2D eigenvalue weighted by Gasteiger charge is -2.33. The quantitative estimate of drug-likeness (QED) is 0.401. The number of hydrogen-bond acceptors (Lipinski definition) is 6. The highest BCUT2D eigenvalue weighted by molar-refractivity contribution is 6.30. The average Bonchev–Trinajstić information content (AvgIpc) is 3.65. The minimum absolute atomic E-state index is 0.0200. The molecule has 2 aromatic carbocycles. The zero-order valence-corrected chi connectivity index (χ0v) is 22.2. The Balaban J connectivity index is 1.16. The highest BCUT2D eigenvalue weighted by Gasteiger charge is 2.43. The molecule has 1 N–H and O–H groups in total. The molecular formula is C30H30ClN3O5. The van der Waals surface area contributed by atoms with Crippen molar-refractivity contribution in [3.8, 4) is 5.75 Å². The van der Waals surface area contributed by atoms with Crippen LogP contribution in [0.4, 0.5) is 4.79 Å². The Hall–Kier alpha value is -3.62. The van der Waals surface area contributed by atoms with E-state index in [0.29, 0.717) is 55.6 Å². The van der Waals surface area contributed by atoms with Gasteiger partial charge in [-0.2, -0.15) is 0 Å². The van der Waals surface area contributed by atoms with E-state index in [0.717, 1.165) is 23.1 Å². The molecule has 1 aromatic heterocycles. The summed E-state index contributed by atoms with van der Waals surface area (Å²) in [5, 5.41) is 3.57. The minimum atomic E-state index is -0.279. The van der Waals surface area contributed by atoms with Crippen LogP contribution >= 0.6 is 11.6 Å². The molecule has 3 fully saturated rings. The van der Waals surface area contributed by atoms with Crippen LogP contribution < -0.4 is 10.1 Å². The number of carbonyl (C=O) groups is 2. The van der Waals surface area contributed by atoms with Gasteiger partial charge in [0.15, 0.2) is 0 Å². The smallest absolute Gasteiger partial charge is 0.410 e. The summed E-state index contributed by atoms with van der Waals surface area (Å²) >= 11 is 5.96. The third kappa shape index (κ3) is 6.02. The van der Waals surface area contributed by atoms with E-state index in [1.165, 1.54) is 0 Å². The standard InChI is InChI=1S/C30H30ClN3O5/c31-21-8-6-19(7-9-21)15-33-29(35)26-14-28(39-23-10-11-34-22(12-23)18-38-30(34)36)25(16-32-26)24-13-27(24)37-17-20-4-2-1-3-5-20/h1-9,14,16,22-24,27H,10-13,15,17-18H2,(H,33,35)/t22-,23-,24?,27?/m0/s1. The number of piperidine rings is 1. The number of cyclic esters (lactones) is 1. The van der Waals surface area contributed by atoms with Crippen LogP contribution in [0.2, 0.25) is 5.02 Å². The number of fused-ring (bicyclic) bond motifs is 1. The van der Waals surface area contributed by atoms with Crippen molar-refractivity contribution in [1.82, 2.24) is 15.2 Å². The molecule has 4 atom stereocenters. The largest absolute Gasteiger partial charge is 0.490 e. The van der Waals surface area contributed by atoms with Crippen molar-refractivity contribution < 1.29 is 23.8 Å². The Morgan fingerprint density at radius 2 is 1.92 bits per heavy atom. The van der Waals surface area contributed by atoms with Crippen molar-refractivity contribution in [3.63, 3.8) is 0 Å². The first-order valence-electron chi connectivity index (χ1n) is 13.3. The Labute approximate surface area is 232 Å². The number of amides is 2. The van der Waals surface area contributed by atoms with Crippen LogP contribution in [-0.2, 0) is 22.6 Å². The van der Waals surface area contributed by atoms with E-state index in [-0.39, 0.29) is 36.2 Å². The SMILES string of the molecule is O=C(NCc1ccc(Cl)cc1)c1cc(O[C@H]2CCN3C(=O)OC[C@@H]3C2)c(C2CC2OCc2ccccc2)cn1. The van der Waals surface area contributed by atoms with Gasteiger partial charge in [0, 0.05) is 54.7 Å². The summed E-state index contributed by atoms with van der Waals surface area (Å²) in [4.78, 5) is 31.2. The molecule has 2 amide bonds. The monoisotopic (exact) mass is 547 g/mol. The summed E-state index contributed by atoms with van der Waals surface area (Å²) in [7, 11) is 0. The molecule has 0 spiro atoms. The summed E-state index contributed by atoms with van der Waals surface area (Å²) in [5.41, 5.74) is 3.31. The second kappa shape index (κ2) is 11.2. The molecule has 3 heterocycles. The van der Waals surface area contributed by atoms with Gasteiger partial charge in [-0.05, 0) is 29.7 Å². The second-order valence-electron chi connectivity index (χ2n) is 10.3. The first-order valence-corrected chi connectivity index (χ1v) is 13.7. The predicted molar refractivity (Wildman–Crippen MR) is 145 cm³/mol. The Kier molecular flexibility index (Phi) is 7.39. The molecule has 2 aliphatic heterocycles. The minimum Gasteiger partial charge on any atom is -0.490 e. The van der Waals surface area contributed by atoms with E-state index in [9.17, 15) is 9.59 Å². The third-order valence-electron chi connectivity index (χ3n) is 7.53. The number of ether oxygens (including phenoxy) is 3. The van der Waals surface area contributed by atoms with Gasteiger partial charge in [0.1, 0.15) is 24.2 Å². The molecule has 2 unspecified atom stereocenters. The van der Waals surface area contributed by atoms with Crippen molar-refractivity contribution in [3.05, 3.63) is 94.3 Å². The van der Waals surface area contributed by atoms with Gasteiger partial charge < -0.3 is 24.4 Å². The van der Waals surface area contributed by atoms with Gasteiger partial charge in [-0.15, -0.1) is 0 Å². The molecule has 39 heavy (non-hydrogen) atoms. The number of hydrogen-bond donors (Lipinski definition) is 1. The highest BCUT2D eigenvalue weighted by atomic mass is 35.5. The van der Waals surface area contributed by atoms with Crippen LogP contribution in [0.5, 0.6) is 5.75 Å². The number of carbonyl (C=O) groups excluding carboxylic acids is 2. The van der Waals surface area contributed by atoms with Gasteiger partial charge >= 0.3 is 6.09 Å². The summed E-state index contributed by atoms with van der Waals surface area (Å²) in [6.07, 6.45) is 3.74. The van der Waals surface area contributed by atoms with Crippen molar-refractivity contribution in [2.45, 2.75) is 56.6 Å². The Morgan fingerprint density at radius 1 is 1.10 bits per heavy atom. The van der Waals surface area contributed by atoms with Crippen LogP contribution in [0.3, 0.4) is 0 Å². The molecule has 202 valence electrons. The van der Waals surface area contributed by atoms with Gasteiger partial charge in [0.2, 0.25) is 0 Å². The molecule has 0 radical (unpaired) electrons. The average molecular weight is 548 g/mol. The second-order valence-corrected chi connectivity index (χ2v) is 10.7. The van der Waals surface area contributed by atoms with Gasteiger partial charge in [-0.3, -0.25) is 9.78 Å². The van der Waals surface area contributed by atoms with E-state index in [1.54, 1.807) is 29.3 Å². The fourth-order valence-corrected chi connectivity index (χ4v) is 5.36. The van der Waals surface area contributed by atoms with E-state index in [4.69, 9.17) is 25.8 Å². The van der Waals surface area contributed by atoms with Crippen LogP contribution in [0.25, 0.3) is 0 Å². The van der Waals surface area contributed by atoms with Gasteiger partial charge in [-0.1, -0.05) is 54.1 Å². The number of benzene rings is 2. The molecule has 3 aromatic rings. The van der Waals surface area contributed by atoms with Crippen LogP contribution in [-0.4, -0.2) is 53.3 Å². The van der Waals surface area contributed by atoms with E-state index < -0.39 is 0 Å². The predicted octanol–water partition coefficient (Wildman–Crippen LogP) is 5.10. The number of pyridine rings is 1. The molecule has 1 saturated carbocycles. The Morgan fingerprint density at radius 3 is 2.74 bits per heavy atom. The molecule has 9 heteroatoms. The van der Waals surface area contributed by atoms with E-state index in [2.05, 4.69) is 22.4 Å².